The highest BCUT2D eigenvalue weighted by Crippen LogP contribution is 2.44. The first kappa shape index (κ1) is 13.2. The second kappa shape index (κ2) is 3.41. The molecule has 0 aromatic heterocycles. The molecule has 0 aliphatic rings. The van der Waals surface area contributed by atoms with Gasteiger partial charge in [-0.3, -0.25) is 4.79 Å². The van der Waals surface area contributed by atoms with Crippen molar-refractivity contribution in [3.63, 3.8) is 0 Å². The minimum absolute atomic E-state index is 0.796. The maximum atomic E-state index is 11.8. The smallest absolute Gasteiger partial charge is 0.367 e. The number of halogens is 6. The number of hydrogen-bond acceptors (Lipinski definition) is 2. The van der Waals surface area contributed by atoms with Gasteiger partial charge in [-0.25, -0.2) is 0 Å². The lowest BCUT2D eigenvalue weighted by atomic mass is 9.95. The highest BCUT2D eigenvalue weighted by Gasteiger charge is 2.74. The molecular weight excluding hydrogens is 218 g/mol. The van der Waals surface area contributed by atoms with Gasteiger partial charge in [-0.05, 0) is 0 Å². The molecule has 0 unspecified atom stereocenters. The van der Waals surface area contributed by atoms with Gasteiger partial charge in [0, 0.05) is 6.42 Å². The first-order valence-corrected chi connectivity index (χ1v) is 3.37. The second-order valence-corrected chi connectivity index (χ2v) is 2.48. The van der Waals surface area contributed by atoms with Crippen molar-refractivity contribution in [3.8, 4) is 0 Å². The van der Waals surface area contributed by atoms with Crippen molar-refractivity contribution in [2.75, 3.05) is 0 Å². The lowest BCUT2D eigenvalue weighted by molar-refractivity contribution is -0.349. The molecule has 2 nitrogen and oxygen atoms in total. The maximum absolute atomic E-state index is 11.8. The lowest BCUT2D eigenvalue weighted by Gasteiger charge is -2.30. The van der Waals surface area contributed by atoms with Crippen molar-refractivity contribution in [3.05, 3.63) is 0 Å². The quantitative estimate of drug-likeness (QED) is 0.726. The fourth-order valence-corrected chi connectivity index (χ4v) is 0.733. The minimum atomic E-state index is -6.06. The monoisotopic (exact) mass is 224 g/mol. The Labute approximate surface area is 74.5 Å². The van der Waals surface area contributed by atoms with E-state index in [1.165, 1.54) is 0 Å². The van der Waals surface area contributed by atoms with E-state index in [1.807, 2.05) is 0 Å². The van der Waals surface area contributed by atoms with Crippen LogP contribution in [-0.2, 0) is 4.79 Å². The fraction of sp³-hybridized carbons (Fsp3) is 0.833. The van der Waals surface area contributed by atoms with Crippen LogP contribution < -0.4 is 0 Å². The first-order valence-electron chi connectivity index (χ1n) is 3.37. The topological polar surface area (TPSA) is 37.3 Å². The third-order valence-corrected chi connectivity index (χ3v) is 1.55. The van der Waals surface area contributed by atoms with Crippen LogP contribution in [0.25, 0.3) is 0 Å². The number of carbonyl (C=O) groups is 1. The highest BCUT2D eigenvalue weighted by molar-refractivity contribution is 5.88. The number of aliphatic hydroxyl groups is 1. The van der Waals surface area contributed by atoms with E-state index < -0.39 is 30.2 Å². The summed E-state index contributed by atoms with van der Waals surface area (Å²) in [5.41, 5.74) is -5.26. The lowest BCUT2D eigenvalue weighted by Crippen LogP contribution is -2.62. The predicted molar refractivity (Wildman–Crippen MR) is 32.4 cm³/mol. The van der Waals surface area contributed by atoms with Crippen molar-refractivity contribution < 1.29 is 36.2 Å². The Morgan fingerprint density at radius 1 is 1.07 bits per heavy atom. The molecule has 0 aromatic rings. The normalized spacial score (nSPS) is 14.3. The molecule has 0 spiro atoms. The molecule has 84 valence electrons. The number of carbonyl (C=O) groups excluding carboxylic acids is 1. The van der Waals surface area contributed by atoms with Crippen molar-refractivity contribution in [1.29, 1.82) is 0 Å². The Hall–Kier alpha value is -0.790. The van der Waals surface area contributed by atoms with Crippen LogP contribution in [0, 0.1) is 0 Å². The molecule has 0 aliphatic heterocycles. The molecule has 1 N–H and O–H groups in total. The van der Waals surface area contributed by atoms with Gasteiger partial charge in [-0.2, -0.15) is 26.3 Å². The Kier molecular flexibility index (Phi) is 3.22. The van der Waals surface area contributed by atoms with E-state index in [-0.39, 0.29) is 0 Å². The Balaban J connectivity index is 5.40. The van der Waals surface area contributed by atoms with Gasteiger partial charge in [0.05, 0.1) is 0 Å². The molecule has 0 fully saturated rings. The van der Waals surface area contributed by atoms with Crippen LogP contribution in [0.1, 0.15) is 13.3 Å². The van der Waals surface area contributed by atoms with Crippen molar-refractivity contribution >= 4 is 5.78 Å². The number of Topliss-reactive ketones (excluding diaryl/α,β-unsaturated/α-hetero) is 1. The van der Waals surface area contributed by atoms with Gasteiger partial charge in [-0.1, -0.05) is 6.92 Å². The summed E-state index contributed by atoms with van der Waals surface area (Å²) in [7, 11) is 0. The zero-order valence-electron chi connectivity index (χ0n) is 6.83. The summed E-state index contributed by atoms with van der Waals surface area (Å²) >= 11 is 0. The Morgan fingerprint density at radius 2 is 1.36 bits per heavy atom. The molecule has 0 aliphatic carbocycles. The number of rotatable bonds is 2. The average Bonchev–Trinajstić information content (AvgIpc) is 1.97. The minimum Gasteiger partial charge on any atom is -0.367 e. The number of alkyl halides is 6. The van der Waals surface area contributed by atoms with Gasteiger partial charge in [0.1, 0.15) is 0 Å². The molecule has 0 radical (unpaired) electrons. The highest BCUT2D eigenvalue weighted by atomic mass is 19.4. The van der Waals surface area contributed by atoms with Gasteiger partial charge in [-0.15, -0.1) is 0 Å². The summed E-state index contributed by atoms with van der Waals surface area (Å²) in [5, 5.41) is 8.35. The van der Waals surface area contributed by atoms with E-state index in [0.717, 1.165) is 6.92 Å². The Morgan fingerprint density at radius 3 is 1.43 bits per heavy atom. The summed E-state index contributed by atoms with van der Waals surface area (Å²) in [5.74, 6) is -2.32. The number of ketones is 1. The van der Waals surface area contributed by atoms with Gasteiger partial charge in [0.2, 0.25) is 0 Å². The van der Waals surface area contributed by atoms with Crippen molar-refractivity contribution in [2.45, 2.75) is 31.3 Å². The first-order chi connectivity index (χ1) is 5.98. The van der Waals surface area contributed by atoms with Crippen LogP contribution in [0.2, 0.25) is 0 Å². The molecule has 0 saturated heterocycles. The summed E-state index contributed by atoms with van der Waals surface area (Å²) in [6, 6.07) is 0. The molecule has 0 rings (SSSR count). The largest absolute Gasteiger partial charge is 0.433 e. The molecule has 0 heterocycles. The molecule has 0 atom stereocenters. The second-order valence-electron chi connectivity index (χ2n) is 2.48. The predicted octanol–water partition coefficient (Wildman–Crippen LogP) is 1.82. The van der Waals surface area contributed by atoms with E-state index in [9.17, 15) is 31.1 Å². The van der Waals surface area contributed by atoms with Crippen LogP contribution in [0.5, 0.6) is 0 Å². The zero-order chi connectivity index (χ0) is 11.8. The SMILES string of the molecule is CCC(=O)C(O)(C(F)(F)F)C(F)(F)F. The summed E-state index contributed by atoms with van der Waals surface area (Å²) in [6.07, 6.45) is -13.2. The van der Waals surface area contributed by atoms with E-state index in [0.29, 0.717) is 0 Å². The summed E-state index contributed by atoms with van der Waals surface area (Å²) < 4.78 is 71.1. The molecule has 14 heavy (non-hydrogen) atoms. The van der Waals surface area contributed by atoms with E-state index >= 15 is 0 Å². The third kappa shape index (κ3) is 1.84. The van der Waals surface area contributed by atoms with Gasteiger partial charge in [0.15, 0.2) is 5.78 Å². The van der Waals surface area contributed by atoms with Crippen molar-refractivity contribution in [1.82, 2.24) is 0 Å². The van der Waals surface area contributed by atoms with Crippen LogP contribution in [0.3, 0.4) is 0 Å². The fourth-order valence-electron chi connectivity index (χ4n) is 0.733. The number of hydrogen-bond donors (Lipinski definition) is 1. The van der Waals surface area contributed by atoms with Crippen LogP contribution in [0.15, 0.2) is 0 Å². The molecule has 8 heteroatoms. The van der Waals surface area contributed by atoms with Crippen LogP contribution in [-0.4, -0.2) is 28.8 Å². The van der Waals surface area contributed by atoms with Gasteiger partial charge in [0.25, 0.3) is 0 Å². The van der Waals surface area contributed by atoms with E-state index in [2.05, 4.69) is 0 Å². The van der Waals surface area contributed by atoms with E-state index in [1.54, 1.807) is 0 Å². The standard InChI is InChI=1S/C6H6F6O2/c1-2-3(13)4(14,5(7,8)9)6(10,11)12/h14H,2H2,1H3. The molecule has 0 bridgehead atoms. The molecular formula is C6H6F6O2. The van der Waals surface area contributed by atoms with Gasteiger partial charge >= 0.3 is 18.0 Å². The average molecular weight is 224 g/mol. The van der Waals surface area contributed by atoms with Gasteiger partial charge < -0.3 is 5.11 Å². The molecule has 0 saturated carbocycles. The third-order valence-electron chi connectivity index (χ3n) is 1.55. The summed E-state index contributed by atoms with van der Waals surface area (Å²) in [4.78, 5) is 10.4. The maximum Gasteiger partial charge on any atom is 0.433 e. The van der Waals surface area contributed by atoms with Crippen LogP contribution >= 0.6 is 0 Å². The Bertz CT molecular complexity index is 213. The molecule has 0 aromatic carbocycles. The van der Waals surface area contributed by atoms with Crippen molar-refractivity contribution in [2.24, 2.45) is 0 Å². The van der Waals surface area contributed by atoms with Crippen LogP contribution in [0.4, 0.5) is 26.3 Å². The zero-order valence-corrected chi connectivity index (χ0v) is 6.83. The summed E-state index contributed by atoms with van der Waals surface area (Å²) in [6.45, 7) is 0.796. The molecule has 0 amide bonds. The van der Waals surface area contributed by atoms with E-state index in [4.69, 9.17) is 5.11 Å².